The lowest BCUT2D eigenvalue weighted by Gasteiger charge is -2.29. The first-order valence-electron chi connectivity index (χ1n) is 11.9. The monoisotopic (exact) mass is 406 g/mol. The van der Waals surface area contributed by atoms with Gasteiger partial charge in [0.25, 0.3) is 5.91 Å². The zero-order chi connectivity index (χ0) is 20.5. The van der Waals surface area contributed by atoms with Crippen LogP contribution in [0.4, 0.5) is 0 Å². The molecular weight excluding hydrogens is 368 g/mol. The molecule has 3 aliphatic carbocycles. The molecule has 3 fully saturated rings. The molecule has 3 rings (SSSR count). The van der Waals surface area contributed by atoms with E-state index in [2.05, 4.69) is 10.6 Å². The van der Waals surface area contributed by atoms with Crippen LogP contribution in [0, 0.1) is 11.8 Å². The van der Waals surface area contributed by atoms with Crippen molar-refractivity contribution in [2.45, 2.75) is 108 Å². The van der Waals surface area contributed by atoms with Crippen LogP contribution >= 0.6 is 0 Å². The van der Waals surface area contributed by atoms with Crippen molar-refractivity contribution in [3.05, 3.63) is 0 Å². The summed E-state index contributed by atoms with van der Waals surface area (Å²) >= 11 is 0. The molecule has 0 bridgehead atoms. The molecule has 2 amide bonds. The second-order valence-electron chi connectivity index (χ2n) is 9.33. The van der Waals surface area contributed by atoms with Crippen LogP contribution in [0.2, 0.25) is 0 Å². The van der Waals surface area contributed by atoms with Gasteiger partial charge in [0.2, 0.25) is 5.91 Å². The maximum absolute atomic E-state index is 12.3. The Balaban J connectivity index is 1.28. The molecule has 6 nitrogen and oxygen atoms in total. The largest absolute Gasteiger partial charge is 0.455 e. The SMILES string of the molecule is O=C(COC(=O)C1CCC(NC(=O)CC2CCCCC2)CC1)NC1CCCCC1. The van der Waals surface area contributed by atoms with Gasteiger partial charge in [0.1, 0.15) is 0 Å². The van der Waals surface area contributed by atoms with Gasteiger partial charge >= 0.3 is 5.97 Å². The van der Waals surface area contributed by atoms with Crippen molar-refractivity contribution in [2.24, 2.45) is 11.8 Å². The molecule has 0 unspecified atom stereocenters. The van der Waals surface area contributed by atoms with Gasteiger partial charge in [-0.15, -0.1) is 0 Å². The summed E-state index contributed by atoms with van der Waals surface area (Å²) in [5.41, 5.74) is 0. The highest BCUT2D eigenvalue weighted by atomic mass is 16.5. The Labute approximate surface area is 174 Å². The Bertz CT molecular complexity index is 545. The summed E-state index contributed by atoms with van der Waals surface area (Å²) in [5.74, 6) is 0.116. The van der Waals surface area contributed by atoms with Crippen LogP contribution < -0.4 is 10.6 Å². The molecule has 2 N–H and O–H groups in total. The number of amides is 2. The zero-order valence-corrected chi connectivity index (χ0v) is 17.8. The normalized spacial score (nSPS) is 26.5. The number of hydrogen-bond donors (Lipinski definition) is 2. The van der Waals surface area contributed by atoms with Crippen molar-refractivity contribution in [3.8, 4) is 0 Å². The average molecular weight is 407 g/mol. The van der Waals surface area contributed by atoms with Crippen LogP contribution in [0.5, 0.6) is 0 Å². The van der Waals surface area contributed by atoms with E-state index >= 15 is 0 Å². The predicted octanol–water partition coefficient (Wildman–Crippen LogP) is 3.62. The van der Waals surface area contributed by atoms with E-state index in [1.807, 2.05) is 0 Å². The molecule has 3 saturated carbocycles. The second-order valence-corrected chi connectivity index (χ2v) is 9.33. The first kappa shape index (κ1) is 22.1. The van der Waals surface area contributed by atoms with E-state index in [1.54, 1.807) is 0 Å². The minimum atomic E-state index is -0.268. The maximum atomic E-state index is 12.3. The fraction of sp³-hybridized carbons (Fsp3) is 0.870. The molecule has 0 atom stereocenters. The number of carbonyl (C=O) groups excluding carboxylic acids is 3. The molecular formula is C23H38N2O4. The number of ether oxygens (including phenoxy) is 1. The Morgan fingerprint density at radius 1 is 0.655 bits per heavy atom. The van der Waals surface area contributed by atoms with Gasteiger partial charge < -0.3 is 15.4 Å². The highest BCUT2D eigenvalue weighted by Crippen LogP contribution is 2.28. The lowest BCUT2D eigenvalue weighted by Crippen LogP contribution is -2.41. The van der Waals surface area contributed by atoms with E-state index in [0.717, 1.165) is 51.4 Å². The average Bonchev–Trinajstić information content (AvgIpc) is 2.74. The number of nitrogens with one attached hydrogen (secondary N) is 2. The van der Waals surface area contributed by atoms with Crippen molar-refractivity contribution in [2.75, 3.05) is 6.61 Å². The van der Waals surface area contributed by atoms with E-state index in [0.29, 0.717) is 12.3 Å². The number of hydrogen-bond acceptors (Lipinski definition) is 4. The molecule has 29 heavy (non-hydrogen) atoms. The van der Waals surface area contributed by atoms with Crippen molar-refractivity contribution in [1.29, 1.82) is 0 Å². The van der Waals surface area contributed by atoms with Crippen LogP contribution in [-0.2, 0) is 19.1 Å². The Kier molecular flexibility index (Phi) is 8.81. The molecule has 164 valence electrons. The van der Waals surface area contributed by atoms with Crippen LogP contribution in [0.15, 0.2) is 0 Å². The highest BCUT2D eigenvalue weighted by Gasteiger charge is 2.29. The van der Waals surface area contributed by atoms with Crippen LogP contribution in [0.1, 0.15) is 96.3 Å². The zero-order valence-electron chi connectivity index (χ0n) is 17.8. The minimum absolute atomic E-state index is 0.149. The summed E-state index contributed by atoms with van der Waals surface area (Å²) in [5, 5.41) is 6.14. The van der Waals surface area contributed by atoms with Gasteiger partial charge in [-0.3, -0.25) is 14.4 Å². The molecule has 0 heterocycles. The van der Waals surface area contributed by atoms with E-state index in [9.17, 15) is 14.4 Å². The highest BCUT2D eigenvalue weighted by molar-refractivity contribution is 5.81. The summed E-state index contributed by atoms with van der Waals surface area (Å²) in [4.78, 5) is 36.6. The van der Waals surface area contributed by atoms with Crippen LogP contribution in [0.25, 0.3) is 0 Å². The van der Waals surface area contributed by atoms with Crippen LogP contribution in [0.3, 0.4) is 0 Å². The van der Waals surface area contributed by atoms with E-state index in [-0.39, 0.29) is 42.4 Å². The quantitative estimate of drug-likeness (QED) is 0.633. The lowest BCUT2D eigenvalue weighted by atomic mass is 9.85. The second kappa shape index (κ2) is 11.6. The summed E-state index contributed by atoms with van der Waals surface area (Å²) in [6, 6.07) is 0.410. The first-order chi connectivity index (χ1) is 14.1. The summed E-state index contributed by atoms with van der Waals surface area (Å²) in [7, 11) is 0. The van der Waals surface area contributed by atoms with Crippen molar-refractivity contribution >= 4 is 17.8 Å². The smallest absolute Gasteiger partial charge is 0.309 e. The van der Waals surface area contributed by atoms with Gasteiger partial charge in [-0.2, -0.15) is 0 Å². The number of esters is 1. The molecule has 6 heteroatoms. The third-order valence-electron chi connectivity index (χ3n) is 6.94. The third kappa shape index (κ3) is 7.63. The summed E-state index contributed by atoms with van der Waals surface area (Å²) in [6.07, 6.45) is 15.5. The number of carbonyl (C=O) groups is 3. The Hall–Kier alpha value is -1.59. The van der Waals surface area contributed by atoms with Crippen molar-refractivity contribution in [3.63, 3.8) is 0 Å². The maximum Gasteiger partial charge on any atom is 0.309 e. The topological polar surface area (TPSA) is 84.5 Å². The molecule has 3 aliphatic rings. The van der Waals surface area contributed by atoms with Gasteiger partial charge in [-0.05, 0) is 57.3 Å². The standard InChI is InChI=1S/C23H38N2O4/c26-21(15-17-7-3-1-4-8-17)24-20-13-11-18(12-14-20)23(28)29-16-22(27)25-19-9-5-2-6-10-19/h17-20H,1-16H2,(H,24,26)(H,25,27). The van der Waals surface area contributed by atoms with Gasteiger partial charge in [-0.1, -0.05) is 38.5 Å². The summed E-state index contributed by atoms with van der Waals surface area (Å²) in [6.45, 7) is -0.173. The van der Waals surface area contributed by atoms with E-state index in [1.165, 1.54) is 38.5 Å². The van der Waals surface area contributed by atoms with E-state index < -0.39 is 0 Å². The van der Waals surface area contributed by atoms with Gasteiger partial charge in [-0.25, -0.2) is 0 Å². The lowest BCUT2D eigenvalue weighted by molar-refractivity contribution is -0.153. The molecule has 0 aromatic heterocycles. The molecule has 0 aromatic rings. The van der Waals surface area contributed by atoms with Gasteiger partial charge in [0, 0.05) is 18.5 Å². The van der Waals surface area contributed by atoms with Crippen LogP contribution in [-0.4, -0.2) is 36.5 Å². The fourth-order valence-corrected chi connectivity index (χ4v) is 5.18. The Morgan fingerprint density at radius 2 is 1.21 bits per heavy atom. The molecule has 0 saturated heterocycles. The molecule has 0 aliphatic heterocycles. The molecule has 0 spiro atoms. The predicted molar refractivity (Wildman–Crippen MR) is 111 cm³/mol. The Morgan fingerprint density at radius 3 is 1.86 bits per heavy atom. The van der Waals surface area contributed by atoms with Crippen molar-refractivity contribution in [1.82, 2.24) is 10.6 Å². The molecule has 0 aromatic carbocycles. The van der Waals surface area contributed by atoms with Gasteiger partial charge in [0.05, 0.1) is 5.92 Å². The van der Waals surface area contributed by atoms with E-state index in [4.69, 9.17) is 4.74 Å². The fourth-order valence-electron chi connectivity index (χ4n) is 5.18. The van der Waals surface area contributed by atoms with Gasteiger partial charge in [0.15, 0.2) is 6.61 Å². The first-order valence-corrected chi connectivity index (χ1v) is 11.9. The third-order valence-corrected chi connectivity index (χ3v) is 6.94. The van der Waals surface area contributed by atoms with Crippen molar-refractivity contribution < 1.29 is 19.1 Å². The minimum Gasteiger partial charge on any atom is -0.455 e. The summed E-state index contributed by atoms with van der Waals surface area (Å²) < 4.78 is 5.26. The number of rotatable bonds is 7. The molecule has 0 radical (unpaired) electrons.